The first-order chi connectivity index (χ1) is 32.2. The van der Waals surface area contributed by atoms with Gasteiger partial charge in [-0.25, -0.2) is 15.0 Å². The van der Waals surface area contributed by atoms with Crippen molar-refractivity contribution in [2.24, 2.45) is 0 Å². The summed E-state index contributed by atoms with van der Waals surface area (Å²) in [6, 6.07) is 73.3. The third-order valence-electron chi connectivity index (χ3n) is 13.0. The highest BCUT2D eigenvalue weighted by atomic mass is 32.1. The fourth-order valence-electron chi connectivity index (χ4n) is 9.98. The van der Waals surface area contributed by atoms with E-state index in [1.807, 2.05) is 18.2 Å². The second-order valence-corrected chi connectivity index (χ2v) is 17.8. The van der Waals surface area contributed by atoms with Gasteiger partial charge in [0, 0.05) is 64.5 Å². The molecule has 14 rings (SSSR count). The number of benzene rings is 10. The first-order valence-corrected chi connectivity index (χ1v) is 22.6. The molecule has 0 aliphatic heterocycles. The fraction of sp³-hybridized carbons (Fsp3) is 0. The second kappa shape index (κ2) is 14.0. The van der Waals surface area contributed by atoms with Crippen molar-refractivity contribution in [1.82, 2.24) is 19.5 Å². The SMILES string of the molecule is c1ccc(-c2cccc(-c3nc(-c4ccc5c(c4)sc4ccccc45)nc(-c4cc(-n5c6cc7ccccc7cc6c6c7ccccc7ccc65)cc5oc6ccccc6c45)n3)c2)cc1. The molecule has 0 unspecified atom stereocenters. The van der Waals surface area contributed by atoms with Crippen molar-refractivity contribution in [3.63, 3.8) is 0 Å². The largest absolute Gasteiger partial charge is 0.456 e. The Morgan fingerprint density at radius 3 is 1.88 bits per heavy atom. The lowest BCUT2D eigenvalue weighted by Crippen LogP contribution is -2.02. The van der Waals surface area contributed by atoms with E-state index in [1.165, 1.54) is 52.5 Å². The van der Waals surface area contributed by atoms with E-state index in [4.69, 9.17) is 19.4 Å². The van der Waals surface area contributed by atoms with E-state index in [0.717, 1.165) is 66.5 Å². The van der Waals surface area contributed by atoms with Crippen LogP contribution >= 0.6 is 11.3 Å². The van der Waals surface area contributed by atoms with Gasteiger partial charge in [-0.2, -0.15) is 0 Å². The van der Waals surface area contributed by atoms with Gasteiger partial charge in [-0.15, -0.1) is 11.3 Å². The zero-order valence-electron chi connectivity index (χ0n) is 34.7. The molecule has 5 nitrogen and oxygen atoms in total. The van der Waals surface area contributed by atoms with Crippen LogP contribution in [0.4, 0.5) is 0 Å². The lowest BCUT2D eigenvalue weighted by Gasteiger charge is -2.13. The zero-order valence-corrected chi connectivity index (χ0v) is 35.6. The Morgan fingerprint density at radius 2 is 1.02 bits per heavy atom. The quantitative estimate of drug-likeness (QED) is 0.173. The number of hydrogen-bond acceptors (Lipinski definition) is 5. The van der Waals surface area contributed by atoms with Crippen molar-refractivity contribution >= 4 is 96.8 Å². The summed E-state index contributed by atoms with van der Waals surface area (Å²) in [6.07, 6.45) is 0. The van der Waals surface area contributed by atoms with Crippen molar-refractivity contribution in [2.75, 3.05) is 0 Å². The van der Waals surface area contributed by atoms with Gasteiger partial charge in [0.15, 0.2) is 17.5 Å². The van der Waals surface area contributed by atoms with Gasteiger partial charge in [0.1, 0.15) is 11.2 Å². The van der Waals surface area contributed by atoms with Crippen LogP contribution in [0, 0.1) is 0 Å². The molecule has 0 saturated heterocycles. The first-order valence-electron chi connectivity index (χ1n) is 21.8. The van der Waals surface area contributed by atoms with Crippen molar-refractivity contribution in [3.05, 3.63) is 206 Å². The van der Waals surface area contributed by atoms with E-state index in [9.17, 15) is 0 Å². The predicted molar refractivity (Wildman–Crippen MR) is 271 cm³/mol. The third-order valence-corrected chi connectivity index (χ3v) is 14.1. The molecule has 0 aliphatic carbocycles. The number of furan rings is 1. The van der Waals surface area contributed by atoms with E-state index in [0.29, 0.717) is 17.5 Å². The maximum absolute atomic E-state index is 6.81. The Morgan fingerprint density at radius 1 is 0.354 bits per heavy atom. The average Bonchev–Trinajstić information content (AvgIpc) is 4.04. The summed E-state index contributed by atoms with van der Waals surface area (Å²) < 4.78 is 11.6. The molecule has 0 bridgehead atoms. The highest BCUT2D eigenvalue weighted by Gasteiger charge is 2.23. The molecule has 4 aromatic heterocycles. The molecule has 0 amide bonds. The molecule has 0 saturated carbocycles. The highest BCUT2D eigenvalue weighted by molar-refractivity contribution is 7.25. The van der Waals surface area contributed by atoms with Crippen molar-refractivity contribution in [2.45, 2.75) is 0 Å². The molecule has 0 N–H and O–H groups in total. The molecular weight excluding hydrogens is 813 g/mol. The Balaban J connectivity index is 1.07. The number of nitrogens with zero attached hydrogens (tertiary/aromatic N) is 4. The number of thiophene rings is 1. The first kappa shape index (κ1) is 36.1. The Kier molecular flexibility index (Phi) is 7.79. The van der Waals surface area contributed by atoms with Crippen LogP contribution in [0.2, 0.25) is 0 Å². The molecule has 0 aliphatic rings. The van der Waals surface area contributed by atoms with Crippen LogP contribution in [0.5, 0.6) is 0 Å². The number of aromatic nitrogens is 4. The molecular formula is C59H34N4OS. The summed E-state index contributed by atoms with van der Waals surface area (Å²) in [4.78, 5) is 16.2. The van der Waals surface area contributed by atoms with Crippen LogP contribution < -0.4 is 0 Å². The minimum Gasteiger partial charge on any atom is -0.456 e. The van der Waals surface area contributed by atoms with Crippen LogP contribution in [0.25, 0.3) is 136 Å². The topological polar surface area (TPSA) is 56.7 Å². The summed E-state index contributed by atoms with van der Waals surface area (Å²) in [6.45, 7) is 0. The van der Waals surface area contributed by atoms with Crippen LogP contribution in [0.1, 0.15) is 0 Å². The Bertz CT molecular complexity index is 4260. The Hall–Kier alpha value is -8.45. The summed E-state index contributed by atoms with van der Waals surface area (Å²) in [5.74, 6) is 1.78. The summed E-state index contributed by atoms with van der Waals surface area (Å²) in [7, 11) is 0. The summed E-state index contributed by atoms with van der Waals surface area (Å²) in [5, 5.41) is 11.7. The standard InChI is InChI=1S/C59H34N4OS/c1-2-13-35(14-3-1)37-18-12-19-40(29-37)57-60-58(41-25-27-45-44-21-9-11-24-53(44)65-54(45)32-41)62-59(61-57)48-33-42(34-52-56(48)46-22-8-10-23-51(46)64-52)63-49-28-26-36-15-6-7-20-43(36)55(49)47-30-38-16-4-5-17-39(38)31-50(47)63/h1-34H. The third kappa shape index (κ3) is 5.67. The fourth-order valence-corrected chi connectivity index (χ4v) is 11.1. The van der Waals surface area contributed by atoms with Crippen LogP contribution in [-0.4, -0.2) is 19.5 Å². The number of para-hydroxylation sites is 1. The van der Waals surface area contributed by atoms with Crippen LogP contribution in [0.3, 0.4) is 0 Å². The van der Waals surface area contributed by atoms with Gasteiger partial charge in [-0.1, -0.05) is 152 Å². The summed E-state index contributed by atoms with van der Waals surface area (Å²) in [5.41, 5.74) is 9.68. The van der Waals surface area contributed by atoms with E-state index in [1.54, 1.807) is 11.3 Å². The van der Waals surface area contributed by atoms with Crippen molar-refractivity contribution in [1.29, 1.82) is 0 Å². The van der Waals surface area contributed by atoms with Crippen molar-refractivity contribution in [3.8, 4) is 51.0 Å². The Labute approximate surface area is 376 Å². The van der Waals surface area contributed by atoms with E-state index < -0.39 is 0 Å². The van der Waals surface area contributed by atoms with Gasteiger partial charge in [0.05, 0.1) is 16.7 Å². The van der Waals surface area contributed by atoms with Gasteiger partial charge in [-0.05, 0) is 81.2 Å². The van der Waals surface area contributed by atoms with Gasteiger partial charge >= 0.3 is 0 Å². The average molecular weight is 847 g/mol. The zero-order chi connectivity index (χ0) is 42.6. The molecule has 0 spiro atoms. The van der Waals surface area contributed by atoms with Crippen molar-refractivity contribution < 1.29 is 4.42 Å². The molecule has 65 heavy (non-hydrogen) atoms. The number of fused-ring (bicyclic) bond motifs is 12. The predicted octanol–water partition coefficient (Wildman–Crippen LogP) is 16.2. The highest BCUT2D eigenvalue weighted by Crippen LogP contribution is 2.44. The molecule has 10 aromatic carbocycles. The molecule has 302 valence electrons. The van der Waals surface area contributed by atoms with Gasteiger partial charge in [-0.3, -0.25) is 0 Å². The molecule has 4 heterocycles. The smallest absolute Gasteiger partial charge is 0.164 e. The monoisotopic (exact) mass is 846 g/mol. The maximum Gasteiger partial charge on any atom is 0.164 e. The number of rotatable bonds is 5. The lowest BCUT2D eigenvalue weighted by molar-refractivity contribution is 0.668. The molecule has 0 fully saturated rings. The molecule has 0 radical (unpaired) electrons. The van der Waals surface area contributed by atoms with Gasteiger partial charge in [0.25, 0.3) is 0 Å². The number of hydrogen-bond donors (Lipinski definition) is 0. The van der Waals surface area contributed by atoms with Gasteiger partial charge < -0.3 is 8.98 Å². The van der Waals surface area contributed by atoms with E-state index in [-0.39, 0.29) is 0 Å². The molecule has 14 aromatic rings. The molecule has 6 heteroatoms. The minimum absolute atomic E-state index is 0.571. The van der Waals surface area contributed by atoms with E-state index >= 15 is 0 Å². The van der Waals surface area contributed by atoms with E-state index in [2.05, 4.69) is 193 Å². The summed E-state index contributed by atoms with van der Waals surface area (Å²) >= 11 is 1.79. The maximum atomic E-state index is 6.81. The minimum atomic E-state index is 0.571. The van der Waals surface area contributed by atoms with Gasteiger partial charge in [0.2, 0.25) is 0 Å². The normalized spacial score (nSPS) is 12.0. The van der Waals surface area contributed by atoms with Crippen LogP contribution in [0.15, 0.2) is 211 Å². The second-order valence-electron chi connectivity index (χ2n) is 16.8. The van der Waals surface area contributed by atoms with Crippen LogP contribution in [-0.2, 0) is 0 Å². The molecule has 0 atom stereocenters. The lowest BCUT2D eigenvalue weighted by atomic mass is 10.0.